The Morgan fingerprint density at radius 2 is 1.60 bits per heavy atom. The highest BCUT2D eigenvalue weighted by Gasteiger charge is 2.39. The maximum Gasteiger partial charge on any atom is 0.153 e. The molecule has 1 fully saturated rings. The number of aryl methyl sites for hydroxylation is 3. The number of thioether (sulfide) groups is 1. The number of aliphatic imine (C=N–C) groups is 2. The van der Waals surface area contributed by atoms with E-state index in [0.29, 0.717) is 12.3 Å². The largest absolute Gasteiger partial charge is 0.270 e. The summed E-state index contributed by atoms with van der Waals surface area (Å²) >= 11 is 7.04. The molecule has 0 N–H and O–H groups in total. The van der Waals surface area contributed by atoms with Crippen molar-refractivity contribution >= 4 is 42.5 Å². The lowest BCUT2D eigenvalue weighted by atomic mass is 9.80. The summed E-state index contributed by atoms with van der Waals surface area (Å²) in [7, 11) is 1.71. The highest BCUT2D eigenvalue weighted by atomic mass is 32.2. The van der Waals surface area contributed by atoms with Crippen LogP contribution < -0.4 is 0 Å². The average molecular weight is 619 g/mol. The van der Waals surface area contributed by atoms with Crippen LogP contribution >= 0.6 is 24.4 Å². The van der Waals surface area contributed by atoms with Crippen molar-refractivity contribution in [1.29, 1.82) is 0 Å². The smallest absolute Gasteiger partial charge is 0.153 e. The van der Waals surface area contributed by atoms with Crippen LogP contribution in [0.15, 0.2) is 81.6 Å². The molecule has 0 aromatic heterocycles. The molecule has 0 bridgehead atoms. The first-order valence-electron chi connectivity index (χ1n) is 15.2. The van der Waals surface area contributed by atoms with E-state index in [9.17, 15) is 4.39 Å². The third-order valence-electron chi connectivity index (χ3n) is 7.25. The lowest BCUT2D eigenvalue weighted by molar-refractivity contribution is 0.217. The highest BCUT2D eigenvalue weighted by molar-refractivity contribution is 8.03. The second kappa shape index (κ2) is 17.0. The molecular formula is C38H51FN2S2. The molecule has 1 aliphatic heterocycles. The first-order valence-corrected chi connectivity index (χ1v) is 16.7. The molecular weight excluding hydrogens is 568 g/mol. The minimum atomic E-state index is -1.18. The normalized spacial score (nSPS) is 18.6. The zero-order chi connectivity index (χ0) is 32.2. The molecule has 2 nitrogen and oxygen atoms in total. The van der Waals surface area contributed by atoms with Crippen LogP contribution in [-0.4, -0.2) is 30.5 Å². The molecule has 5 heteroatoms. The van der Waals surface area contributed by atoms with Gasteiger partial charge < -0.3 is 0 Å². The topological polar surface area (TPSA) is 24.7 Å². The fourth-order valence-electron chi connectivity index (χ4n) is 5.02. The SMILES string of the molecule is CC.CC=NC(=NC)c1ccc(CC(C)(C)F)cc1.Cc1ccc(/C=C2/CC(C)(C(S)c3ccc(C)cc3C)CS2)cc1. The Bertz CT molecular complexity index is 1380. The summed E-state index contributed by atoms with van der Waals surface area (Å²) in [6, 6.07) is 23.2. The van der Waals surface area contributed by atoms with Gasteiger partial charge in [0.05, 0.1) is 0 Å². The van der Waals surface area contributed by atoms with Gasteiger partial charge in [0.25, 0.3) is 0 Å². The minimum absolute atomic E-state index is 0.199. The quantitative estimate of drug-likeness (QED) is 0.166. The van der Waals surface area contributed by atoms with Gasteiger partial charge in [-0.25, -0.2) is 9.38 Å². The van der Waals surface area contributed by atoms with Crippen LogP contribution in [0.1, 0.15) is 92.2 Å². The maximum absolute atomic E-state index is 13.5. The van der Waals surface area contributed by atoms with Crippen molar-refractivity contribution in [2.75, 3.05) is 12.8 Å². The van der Waals surface area contributed by atoms with Gasteiger partial charge in [-0.3, -0.25) is 4.99 Å². The summed E-state index contributed by atoms with van der Waals surface area (Å²) < 4.78 is 13.5. The van der Waals surface area contributed by atoms with E-state index in [2.05, 4.69) is 86.2 Å². The molecule has 0 spiro atoms. The fourth-order valence-corrected chi connectivity index (χ4v) is 7.05. The Kier molecular flexibility index (Phi) is 14.5. The van der Waals surface area contributed by atoms with E-state index in [-0.39, 0.29) is 10.7 Å². The lowest BCUT2D eigenvalue weighted by Gasteiger charge is -2.31. The van der Waals surface area contributed by atoms with E-state index in [0.717, 1.165) is 23.3 Å². The summed E-state index contributed by atoms with van der Waals surface area (Å²) in [5.74, 6) is 1.82. The Morgan fingerprint density at radius 1 is 1.00 bits per heavy atom. The number of benzene rings is 3. The monoisotopic (exact) mass is 618 g/mol. The van der Waals surface area contributed by atoms with Crippen LogP contribution in [0.5, 0.6) is 0 Å². The third kappa shape index (κ3) is 11.4. The number of nitrogens with zero attached hydrogens (tertiary/aromatic N) is 2. The zero-order valence-corrected chi connectivity index (χ0v) is 29.5. The van der Waals surface area contributed by atoms with Crippen LogP contribution in [0.4, 0.5) is 4.39 Å². The van der Waals surface area contributed by atoms with Crippen molar-refractivity contribution in [3.63, 3.8) is 0 Å². The molecule has 4 rings (SSSR count). The van der Waals surface area contributed by atoms with Gasteiger partial charge in [-0.05, 0) is 86.6 Å². The van der Waals surface area contributed by atoms with Crippen LogP contribution in [-0.2, 0) is 6.42 Å². The van der Waals surface area contributed by atoms with Crippen LogP contribution in [0.2, 0.25) is 0 Å². The molecule has 1 saturated heterocycles. The molecule has 0 radical (unpaired) electrons. The van der Waals surface area contributed by atoms with Crippen molar-refractivity contribution in [3.8, 4) is 0 Å². The van der Waals surface area contributed by atoms with Gasteiger partial charge >= 0.3 is 0 Å². The zero-order valence-electron chi connectivity index (χ0n) is 27.8. The molecule has 3 aromatic carbocycles. The van der Waals surface area contributed by atoms with Crippen molar-refractivity contribution in [1.82, 2.24) is 0 Å². The molecule has 3 aromatic rings. The summed E-state index contributed by atoms with van der Waals surface area (Å²) in [5.41, 5.74) is 7.63. The van der Waals surface area contributed by atoms with Gasteiger partial charge in [-0.1, -0.05) is 98.6 Å². The molecule has 2 unspecified atom stereocenters. The van der Waals surface area contributed by atoms with Crippen LogP contribution in [0.25, 0.3) is 6.08 Å². The van der Waals surface area contributed by atoms with E-state index < -0.39 is 5.67 Å². The highest BCUT2D eigenvalue weighted by Crippen LogP contribution is 2.54. The number of halogens is 1. The molecule has 232 valence electrons. The van der Waals surface area contributed by atoms with Crippen molar-refractivity contribution < 1.29 is 4.39 Å². The molecule has 0 saturated carbocycles. The Hall–Kier alpha value is -2.63. The van der Waals surface area contributed by atoms with E-state index >= 15 is 0 Å². The number of alkyl halides is 1. The van der Waals surface area contributed by atoms with Crippen molar-refractivity contribution in [2.24, 2.45) is 15.4 Å². The van der Waals surface area contributed by atoms with E-state index in [1.807, 2.05) is 56.8 Å². The lowest BCUT2D eigenvalue weighted by Crippen LogP contribution is -2.22. The molecule has 1 heterocycles. The summed E-state index contributed by atoms with van der Waals surface area (Å²) in [6.07, 6.45) is 5.58. The standard InChI is InChI=1S/C22H26S2.C14H19FN2.C2H6/c1-15-5-8-18(9-6-15)12-19-13-22(4,14-24-19)21(23)20-10-7-16(2)11-17(20)3;1-5-17-13(16-4)12-8-6-11(7-9-12)10-14(2,3)15;1-2/h5-12,21,23H,13-14H2,1-4H3;5-9H,10H2,1-4H3;1-2H3/b19-12-;;. The first-order chi connectivity index (χ1) is 20.3. The number of amidine groups is 1. The van der Waals surface area contributed by atoms with Gasteiger partial charge in [0, 0.05) is 36.2 Å². The summed E-state index contributed by atoms with van der Waals surface area (Å²) in [6.45, 7) is 17.9. The minimum Gasteiger partial charge on any atom is -0.270 e. The fraction of sp³-hybridized carbons (Fsp3) is 0.421. The van der Waals surface area contributed by atoms with Gasteiger partial charge in [-0.2, -0.15) is 12.6 Å². The molecule has 2 atom stereocenters. The average Bonchev–Trinajstić information content (AvgIpc) is 3.35. The van der Waals surface area contributed by atoms with E-state index in [4.69, 9.17) is 12.6 Å². The number of hydrogen-bond acceptors (Lipinski definition) is 3. The second-order valence-corrected chi connectivity index (χ2v) is 13.5. The molecule has 0 amide bonds. The summed E-state index contributed by atoms with van der Waals surface area (Å²) in [4.78, 5) is 9.74. The number of hydrogen-bond donors (Lipinski definition) is 1. The molecule has 1 aliphatic rings. The first kappa shape index (κ1) is 36.6. The van der Waals surface area contributed by atoms with E-state index in [1.54, 1.807) is 27.1 Å². The number of thiol groups is 1. The van der Waals surface area contributed by atoms with Gasteiger partial charge in [0.1, 0.15) is 5.67 Å². The maximum atomic E-state index is 13.5. The van der Waals surface area contributed by atoms with Gasteiger partial charge in [-0.15, -0.1) is 11.8 Å². The van der Waals surface area contributed by atoms with Gasteiger partial charge in [0.2, 0.25) is 0 Å². The van der Waals surface area contributed by atoms with Crippen LogP contribution in [0, 0.1) is 26.2 Å². The van der Waals surface area contributed by atoms with Gasteiger partial charge in [0.15, 0.2) is 5.84 Å². The van der Waals surface area contributed by atoms with Crippen molar-refractivity contribution in [2.45, 2.75) is 86.1 Å². The Morgan fingerprint density at radius 3 is 2.14 bits per heavy atom. The Balaban J connectivity index is 0.000000300. The summed E-state index contributed by atoms with van der Waals surface area (Å²) in [5, 5.41) is 0.273. The predicted octanol–water partition coefficient (Wildman–Crippen LogP) is 11.2. The Labute approximate surface area is 270 Å². The molecule has 0 aliphatic carbocycles. The van der Waals surface area contributed by atoms with Crippen LogP contribution in [0.3, 0.4) is 0 Å². The number of allylic oxidation sites excluding steroid dienone is 1. The second-order valence-electron chi connectivity index (χ2n) is 11.9. The number of rotatable bonds is 6. The van der Waals surface area contributed by atoms with Crippen molar-refractivity contribution in [3.05, 3.63) is 111 Å². The molecule has 43 heavy (non-hydrogen) atoms. The predicted molar refractivity (Wildman–Crippen MR) is 195 cm³/mol. The third-order valence-corrected chi connectivity index (χ3v) is 9.59. The van der Waals surface area contributed by atoms with E-state index in [1.165, 1.54) is 32.7 Å².